The van der Waals surface area contributed by atoms with Crippen LogP contribution in [0.2, 0.25) is 0 Å². The molecule has 2 aromatic rings. The standard InChI is InChI=1S/C13H15N3O4/c1-13(8-20-2,12(18)19)15-11(17)9-3-4-10-14-5-6-16(10)7-9/h3-7H,8H2,1-2H3,(H,15,17)(H,18,19). The van der Waals surface area contributed by atoms with Crippen molar-refractivity contribution in [2.75, 3.05) is 13.7 Å². The molecule has 7 heteroatoms. The van der Waals surface area contributed by atoms with E-state index < -0.39 is 17.4 Å². The number of carbonyl (C=O) groups is 2. The van der Waals surface area contributed by atoms with Gasteiger partial charge in [0.25, 0.3) is 5.91 Å². The van der Waals surface area contributed by atoms with Crippen molar-refractivity contribution >= 4 is 17.5 Å². The van der Waals surface area contributed by atoms with Gasteiger partial charge in [-0.15, -0.1) is 0 Å². The smallest absolute Gasteiger partial charge is 0.331 e. The molecule has 0 aliphatic heterocycles. The van der Waals surface area contributed by atoms with Gasteiger partial charge < -0.3 is 19.6 Å². The maximum absolute atomic E-state index is 12.1. The largest absolute Gasteiger partial charge is 0.479 e. The van der Waals surface area contributed by atoms with Crippen molar-refractivity contribution < 1.29 is 19.4 Å². The Labute approximate surface area is 115 Å². The summed E-state index contributed by atoms with van der Waals surface area (Å²) in [7, 11) is 1.38. The Hall–Kier alpha value is -2.41. The van der Waals surface area contributed by atoms with E-state index in [1.165, 1.54) is 14.0 Å². The molecular formula is C13H15N3O4. The maximum Gasteiger partial charge on any atom is 0.331 e. The molecule has 7 nitrogen and oxygen atoms in total. The summed E-state index contributed by atoms with van der Waals surface area (Å²) in [6.07, 6.45) is 4.91. The quantitative estimate of drug-likeness (QED) is 0.832. The van der Waals surface area contributed by atoms with Gasteiger partial charge in [-0.3, -0.25) is 4.79 Å². The van der Waals surface area contributed by atoms with Crippen molar-refractivity contribution in [1.29, 1.82) is 0 Å². The predicted molar refractivity (Wildman–Crippen MR) is 70.6 cm³/mol. The molecule has 2 aromatic heterocycles. The summed E-state index contributed by atoms with van der Waals surface area (Å²) >= 11 is 0. The topological polar surface area (TPSA) is 92.9 Å². The summed E-state index contributed by atoms with van der Waals surface area (Å²) in [5.74, 6) is -1.64. The van der Waals surface area contributed by atoms with Crippen LogP contribution in [0.25, 0.3) is 5.65 Å². The van der Waals surface area contributed by atoms with E-state index in [4.69, 9.17) is 4.74 Å². The number of carboxylic acids is 1. The van der Waals surface area contributed by atoms with Gasteiger partial charge in [-0.2, -0.15) is 0 Å². The number of hydrogen-bond donors (Lipinski definition) is 2. The predicted octanol–water partition coefficient (Wildman–Crippen LogP) is 0.554. The molecule has 0 aliphatic rings. The minimum Gasteiger partial charge on any atom is -0.479 e. The lowest BCUT2D eigenvalue weighted by Crippen LogP contribution is -2.55. The first-order valence-corrected chi connectivity index (χ1v) is 5.94. The second kappa shape index (κ2) is 5.30. The number of ether oxygens (including phenoxy) is 1. The van der Waals surface area contributed by atoms with E-state index in [-0.39, 0.29) is 6.61 Å². The first-order chi connectivity index (χ1) is 9.46. The van der Waals surface area contributed by atoms with Crippen molar-refractivity contribution in [2.45, 2.75) is 12.5 Å². The van der Waals surface area contributed by atoms with Crippen molar-refractivity contribution in [3.8, 4) is 0 Å². The number of rotatable bonds is 5. The van der Waals surface area contributed by atoms with Gasteiger partial charge in [-0.25, -0.2) is 9.78 Å². The number of carboxylic acid groups (broad SMARTS) is 1. The second-order valence-electron chi connectivity index (χ2n) is 4.63. The van der Waals surface area contributed by atoms with Crippen LogP contribution in [0.5, 0.6) is 0 Å². The zero-order valence-electron chi connectivity index (χ0n) is 11.2. The highest BCUT2D eigenvalue weighted by molar-refractivity contribution is 5.97. The molecule has 1 unspecified atom stereocenters. The van der Waals surface area contributed by atoms with E-state index in [9.17, 15) is 14.7 Å². The van der Waals surface area contributed by atoms with Crippen LogP contribution in [0.15, 0.2) is 30.7 Å². The van der Waals surface area contributed by atoms with Gasteiger partial charge in [0.05, 0.1) is 12.2 Å². The third kappa shape index (κ3) is 2.62. The Morgan fingerprint density at radius 2 is 2.25 bits per heavy atom. The van der Waals surface area contributed by atoms with Crippen LogP contribution in [0, 0.1) is 0 Å². The molecule has 0 fully saturated rings. The number of nitrogens with one attached hydrogen (secondary N) is 1. The number of nitrogens with zero attached hydrogens (tertiary/aromatic N) is 2. The second-order valence-corrected chi connectivity index (χ2v) is 4.63. The Balaban J connectivity index is 2.23. The number of imidazole rings is 1. The molecular weight excluding hydrogens is 262 g/mol. The van der Waals surface area contributed by atoms with Crippen molar-refractivity contribution in [1.82, 2.24) is 14.7 Å². The molecule has 2 heterocycles. The molecule has 0 aliphatic carbocycles. The van der Waals surface area contributed by atoms with Gasteiger partial charge in [0.15, 0.2) is 5.54 Å². The number of hydrogen-bond acceptors (Lipinski definition) is 4. The molecule has 106 valence electrons. The Bertz CT molecular complexity index is 652. The fourth-order valence-electron chi connectivity index (χ4n) is 1.82. The van der Waals surface area contributed by atoms with E-state index in [1.54, 1.807) is 35.1 Å². The van der Waals surface area contributed by atoms with Crippen LogP contribution in [-0.4, -0.2) is 45.6 Å². The Morgan fingerprint density at radius 3 is 2.90 bits per heavy atom. The summed E-state index contributed by atoms with van der Waals surface area (Å²) in [6, 6.07) is 3.27. The minimum absolute atomic E-state index is 0.124. The number of carbonyl (C=O) groups excluding carboxylic acids is 1. The average molecular weight is 277 g/mol. The van der Waals surface area contributed by atoms with E-state index in [2.05, 4.69) is 10.3 Å². The van der Waals surface area contributed by atoms with Gasteiger partial charge in [-0.1, -0.05) is 0 Å². The summed E-state index contributed by atoms with van der Waals surface area (Å²) in [4.78, 5) is 27.4. The van der Waals surface area contributed by atoms with Crippen LogP contribution in [0.3, 0.4) is 0 Å². The van der Waals surface area contributed by atoms with Crippen LogP contribution >= 0.6 is 0 Å². The molecule has 1 amide bonds. The number of aliphatic carboxylic acids is 1. The van der Waals surface area contributed by atoms with Gasteiger partial charge >= 0.3 is 5.97 Å². The molecule has 20 heavy (non-hydrogen) atoms. The molecule has 0 saturated carbocycles. The van der Waals surface area contributed by atoms with E-state index in [0.29, 0.717) is 11.2 Å². The third-order valence-corrected chi connectivity index (χ3v) is 2.95. The Kier molecular flexibility index (Phi) is 3.71. The average Bonchev–Trinajstić information content (AvgIpc) is 2.85. The highest BCUT2D eigenvalue weighted by Gasteiger charge is 2.35. The van der Waals surface area contributed by atoms with Gasteiger partial charge in [0.2, 0.25) is 0 Å². The van der Waals surface area contributed by atoms with Crippen molar-refractivity contribution in [3.63, 3.8) is 0 Å². The third-order valence-electron chi connectivity index (χ3n) is 2.95. The summed E-state index contributed by atoms with van der Waals surface area (Å²) in [6.45, 7) is 1.27. The van der Waals surface area contributed by atoms with E-state index in [1.807, 2.05) is 0 Å². The van der Waals surface area contributed by atoms with Crippen LogP contribution in [-0.2, 0) is 9.53 Å². The molecule has 0 bridgehead atoms. The normalized spacial score (nSPS) is 13.9. The summed E-state index contributed by atoms with van der Waals surface area (Å²) < 4.78 is 6.54. The van der Waals surface area contributed by atoms with Crippen molar-refractivity contribution in [3.05, 3.63) is 36.3 Å². The fraction of sp³-hybridized carbons (Fsp3) is 0.308. The number of methoxy groups -OCH3 is 1. The van der Waals surface area contributed by atoms with Crippen LogP contribution in [0.4, 0.5) is 0 Å². The number of amides is 1. The zero-order valence-corrected chi connectivity index (χ0v) is 11.2. The molecule has 2 rings (SSSR count). The first-order valence-electron chi connectivity index (χ1n) is 5.94. The zero-order chi connectivity index (χ0) is 14.8. The Morgan fingerprint density at radius 1 is 1.50 bits per heavy atom. The number of fused-ring (bicyclic) bond motifs is 1. The summed E-state index contributed by atoms with van der Waals surface area (Å²) in [5.41, 5.74) is -0.422. The van der Waals surface area contributed by atoms with Gasteiger partial charge in [-0.05, 0) is 19.1 Å². The van der Waals surface area contributed by atoms with Crippen LogP contribution in [0.1, 0.15) is 17.3 Å². The van der Waals surface area contributed by atoms with E-state index in [0.717, 1.165) is 0 Å². The monoisotopic (exact) mass is 277 g/mol. The van der Waals surface area contributed by atoms with E-state index >= 15 is 0 Å². The lowest BCUT2D eigenvalue weighted by molar-refractivity contribution is -0.145. The fourth-order valence-corrected chi connectivity index (χ4v) is 1.82. The van der Waals surface area contributed by atoms with Gasteiger partial charge in [0, 0.05) is 25.7 Å². The molecule has 1 atom stereocenters. The summed E-state index contributed by atoms with van der Waals surface area (Å²) in [5, 5.41) is 11.7. The maximum atomic E-state index is 12.1. The molecule has 0 radical (unpaired) electrons. The molecule has 2 N–H and O–H groups in total. The highest BCUT2D eigenvalue weighted by atomic mass is 16.5. The van der Waals surface area contributed by atoms with Crippen LogP contribution < -0.4 is 5.32 Å². The minimum atomic E-state index is -1.48. The van der Waals surface area contributed by atoms with Crippen molar-refractivity contribution in [2.24, 2.45) is 0 Å². The first kappa shape index (κ1) is 14.0. The lowest BCUT2D eigenvalue weighted by atomic mass is 10.0. The number of pyridine rings is 1. The van der Waals surface area contributed by atoms with Gasteiger partial charge in [0.1, 0.15) is 5.65 Å². The SMILES string of the molecule is COCC(C)(NC(=O)c1ccc2nccn2c1)C(=O)O. The molecule has 0 aromatic carbocycles. The lowest BCUT2D eigenvalue weighted by Gasteiger charge is -2.25. The molecule has 0 saturated heterocycles. The highest BCUT2D eigenvalue weighted by Crippen LogP contribution is 2.09. The number of aromatic nitrogens is 2. The molecule has 0 spiro atoms.